The molecule has 0 aliphatic heterocycles. The lowest BCUT2D eigenvalue weighted by atomic mass is 9.58. The predicted molar refractivity (Wildman–Crippen MR) is 54.5 cm³/mol. The van der Waals surface area contributed by atoms with Crippen molar-refractivity contribution in [3.8, 4) is 0 Å². The van der Waals surface area contributed by atoms with Crippen molar-refractivity contribution in [3.63, 3.8) is 0 Å². The van der Waals surface area contributed by atoms with Crippen molar-refractivity contribution < 1.29 is 5.11 Å². The molecule has 2 rings (SSSR count). The SMILES string of the molecule is CC1CCC2CC(O)CCC2(C)C1. The van der Waals surface area contributed by atoms with E-state index in [0.717, 1.165) is 24.7 Å². The maximum absolute atomic E-state index is 9.63. The minimum Gasteiger partial charge on any atom is -0.393 e. The summed E-state index contributed by atoms with van der Waals surface area (Å²) in [4.78, 5) is 0. The summed E-state index contributed by atoms with van der Waals surface area (Å²) in [6.45, 7) is 4.83. The zero-order chi connectivity index (χ0) is 9.47. The Balaban J connectivity index is 2.07. The monoisotopic (exact) mass is 182 g/mol. The molecule has 0 aromatic carbocycles. The lowest BCUT2D eigenvalue weighted by molar-refractivity contribution is -0.0215. The van der Waals surface area contributed by atoms with Gasteiger partial charge >= 0.3 is 0 Å². The van der Waals surface area contributed by atoms with E-state index in [4.69, 9.17) is 0 Å². The van der Waals surface area contributed by atoms with Gasteiger partial charge in [0.15, 0.2) is 0 Å². The lowest BCUT2D eigenvalue weighted by Crippen LogP contribution is -2.40. The molecule has 0 aromatic heterocycles. The van der Waals surface area contributed by atoms with Crippen LogP contribution in [0.5, 0.6) is 0 Å². The Hall–Kier alpha value is -0.0400. The molecule has 2 aliphatic carbocycles. The van der Waals surface area contributed by atoms with Crippen molar-refractivity contribution in [2.45, 2.75) is 58.5 Å². The fraction of sp³-hybridized carbons (Fsp3) is 1.00. The molecule has 0 spiro atoms. The average Bonchev–Trinajstić information content (AvgIpc) is 2.06. The number of fused-ring (bicyclic) bond motifs is 1. The molecule has 1 heteroatoms. The quantitative estimate of drug-likeness (QED) is 0.610. The zero-order valence-corrected chi connectivity index (χ0v) is 8.92. The predicted octanol–water partition coefficient (Wildman–Crippen LogP) is 2.97. The van der Waals surface area contributed by atoms with Crippen LogP contribution in [0.3, 0.4) is 0 Å². The Morgan fingerprint density at radius 3 is 2.77 bits per heavy atom. The van der Waals surface area contributed by atoms with Crippen LogP contribution in [0.1, 0.15) is 52.4 Å². The van der Waals surface area contributed by atoms with Crippen LogP contribution in [-0.4, -0.2) is 11.2 Å². The molecule has 2 aliphatic rings. The molecule has 0 bridgehead atoms. The Bertz CT molecular complexity index is 190. The second kappa shape index (κ2) is 3.27. The Kier molecular flexibility index (Phi) is 2.39. The second-order valence-corrected chi connectivity index (χ2v) is 5.67. The highest BCUT2D eigenvalue weighted by molar-refractivity contribution is 4.93. The van der Waals surface area contributed by atoms with Crippen LogP contribution < -0.4 is 0 Å². The van der Waals surface area contributed by atoms with Crippen LogP contribution in [0.15, 0.2) is 0 Å². The fourth-order valence-electron chi connectivity index (χ4n) is 3.55. The summed E-state index contributed by atoms with van der Waals surface area (Å²) < 4.78 is 0. The molecule has 1 nitrogen and oxygen atoms in total. The molecule has 4 atom stereocenters. The molecule has 0 aromatic rings. The number of rotatable bonds is 0. The maximum Gasteiger partial charge on any atom is 0.0543 e. The Morgan fingerprint density at radius 1 is 1.23 bits per heavy atom. The number of aliphatic hydroxyl groups is 1. The summed E-state index contributed by atoms with van der Waals surface area (Å²) in [6.07, 6.45) is 7.50. The van der Waals surface area contributed by atoms with Gasteiger partial charge in [0.25, 0.3) is 0 Å². The molecule has 2 saturated carbocycles. The van der Waals surface area contributed by atoms with Gasteiger partial charge in [-0.3, -0.25) is 0 Å². The van der Waals surface area contributed by atoms with Gasteiger partial charge in [-0.05, 0) is 49.4 Å². The van der Waals surface area contributed by atoms with Gasteiger partial charge in [0.1, 0.15) is 0 Å². The van der Waals surface area contributed by atoms with Gasteiger partial charge in [-0.2, -0.15) is 0 Å². The Morgan fingerprint density at radius 2 is 2.00 bits per heavy atom. The van der Waals surface area contributed by atoms with Gasteiger partial charge in [0, 0.05) is 0 Å². The summed E-state index contributed by atoms with van der Waals surface area (Å²) in [5.41, 5.74) is 0.566. The third-order valence-electron chi connectivity index (χ3n) is 4.41. The molecule has 13 heavy (non-hydrogen) atoms. The average molecular weight is 182 g/mol. The lowest BCUT2D eigenvalue weighted by Gasteiger charge is -2.48. The van der Waals surface area contributed by atoms with E-state index in [1.807, 2.05) is 0 Å². The zero-order valence-electron chi connectivity index (χ0n) is 8.92. The molecular formula is C12H22O. The minimum absolute atomic E-state index is 0.00600. The fourth-order valence-corrected chi connectivity index (χ4v) is 3.55. The third-order valence-corrected chi connectivity index (χ3v) is 4.41. The number of hydrogen-bond acceptors (Lipinski definition) is 1. The highest BCUT2D eigenvalue weighted by Crippen LogP contribution is 2.51. The first kappa shape index (κ1) is 9.51. The van der Waals surface area contributed by atoms with Crippen molar-refractivity contribution >= 4 is 0 Å². The normalized spacial score (nSPS) is 51.5. The van der Waals surface area contributed by atoms with E-state index >= 15 is 0 Å². The topological polar surface area (TPSA) is 20.2 Å². The molecule has 1 N–H and O–H groups in total. The summed E-state index contributed by atoms with van der Waals surface area (Å²) in [7, 11) is 0. The van der Waals surface area contributed by atoms with Crippen LogP contribution in [0, 0.1) is 17.3 Å². The maximum atomic E-state index is 9.63. The number of aliphatic hydroxyl groups excluding tert-OH is 1. The van der Waals surface area contributed by atoms with Gasteiger partial charge in [-0.1, -0.05) is 20.3 Å². The van der Waals surface area contributed by atoms with Crippen molar-refractivity contribution in [2.75, 3.05) is 0 Å². The van der Waals surface area contributed by atoms with Crippen molar-refractivity contribution in [3.05, 3.63) is 0 Å². The summed E-state index contributed by atoms with van der Waals surface area (Å²) in [6, 6.07) is 0. The van der Waals surface area contributed by atoms with E-state index in [0.29, 0.717) is 5.41 Å². The van der Waals surface area contributed by atoms with Crippen LogP contribution in [0.2, 0.25) is 0 Å². The van der Waals surface area contributed by atoms with Crippen LogP contribution in [0.4, 0.5) is 0 Å². The van der Waals surface area contributed by atoms with Crippen molar-refractivity contribution in [1.82, 2.24) is 0 Å². The highest BCUT2D eigenvalue weighted by Gasteiger charge is 2.42. The Labute approximate surface area is 81.5 Å². The third kappa shape index (κ3) is 1.76. The molecule has 0 radical (unpaired) electrons. The molecule has 4 unspecified atom stereocenters. The van der Waals surface area contributed by atoms with Gasteiger partial charge in [0.05, 0.1) is 6.10 Å². The molecule has 0 amide bonds. The minimum atomic E-state index is 0.00600. The number of hydrogen-bond donors (Lipinski definition) is 1. The molecule has 0 saturated heterocycles. The smallest absolute Gasteiger partial charge is 0.0543 e. The van der Waals surface area contributed by atoms with E-state index in [-0.39, 0.29) is 6.10 Å². The largest absolute Gasteiger partial charge is 0.393 e. The first-order valence-corrected chi connectivity index (χ1v) is 5.78. The first-order chi connectivity index (χ1) is 6.10. The summed E-state index contributed by atoms with van der Waals surface area (Å²) in [5.74, 6) is 1.73. The molecule has 76 valence electrons. The van der Waals surface area contributed by atoms with Crippen LogP contribution in [0.25, 0.3) is 0 Å². The first-order valence-electron chi connectivity index (χ1n) is 5.78. The second-order valence-electron chi connectivity index (χ2n) is 5.67. The van der Waals surface area contributed by atoms with E-state index < -0.39 is 0 Å². The van der Waals surface area contributed by atoms with Gasteiger partial charge in [-0.25, -0.2) is 0 Å². The highest BCUT2D eigenvalue weighted by atomic mass is 16.3. The van der Waals surface area contributed by atoms with E-state index in [1.165, 1.54) is 25.7 Å². The molecule has 2 fully saturated rings. The standard InChI is InChI=1S/C12H22O/c1-9-3-4-10-7-11(13)5-6-12(10,2)8-9/h9-11,13H,3-8H2,1-2H3. The van der Waals surface area contributed by atoms with E-state index in [2.05, 4.69) is 13.8 Å². The summed E-state index contributed by atoms with van der Waals surface area (Å²) in [5, 5.41) is 9.63. The van der Waals surface area contributed by atoms with Gasteiger partial charge in [0.2, 0.25) is 0 Å². The van der Waals surface area contributed by atoms with Crippen molar-refractivity contribution in [2.24, 2.45) is 17.3 Å². The van der Waals surface area contributed by atoms with Crippen LogP contribution in [-0.2, 0) is 0 Å². The van der Waals surface area contributed by atoms with Crippen LogP contribution >= 0.6 is 0 Å². The van der Waals surface area contributed by atoms with Crippen molar-refractivity contribution in [1.29, 1.82) is 0 Å². The van der Waals surface area contributed by atoms with Gasteiger partial charge < -0.3 is 5.11 Å². The molecular weight excluding hydrogens is 160 g/mol. The summed E-state index contributed by atoms with van der Waals surface area (Å²) >= 11 is 0. The van der Waals surface area contributed by atoms with E-state index in [1.54, 1.807) is 0 Å². The van der Waals surface area contributed by atoms with E-state index in [9.17, 15) is 5.11 Å². The molecule has 0 heterocycles. The van der Waals surface area contributed by atoms with Gasteiger partial charge in [-0.15, -0.1) is 0 Å².